The summed E-state index contributed by atoms with van der Waals surface area (Å²) < 4.78 is 10.6. The molecule has 0 spiro atoms. The van der Waals surface area contributed by atoms with Gasteiger partial charge in [0, 0.05) is 5.27 Å². The van der Waals surface area contributed by atoms with Gasteiger partial charge in [-0.3, -0.25) is 0 Å². The van der Waals surface area contributed by atoms with Crippen molar-refractivity contribution in [1.29, 1.82) is 5.26 Å². The number of aromatic nitrogens is 2. The van der Waals surface area contributed by atoms with Crippen LogP contribution >= 0.6 is 0 Å². The molecular formula is C12H11N3O2. The Morgan fingerprint density at radius 3 is 2.82 bits per heavy atom. The maximum absolute atomic E-state index is 9.06. The zero-order valence-corrected chi connectivity index (χ0v) is 9.54. The van der Waals surface area contributed by atoms with E-state index >= 15 is 0 Å². The Morgan fingerprint density at radius 1 is 1.41 bits per heavy atom. The third kappa shape index (κ3) is 2.26. The Hall–Kier alpha value is -2.35. The van der Waals surface area contributed by atoms with E-state index in [1.54, 1.807) is 18.2 Å². The summed E-state index contributed by atoms with van der Waals surface area (Å²) in [4.78, 5) is 0. The highest BCUT2D eigenvalue weighted by atomic mass is 16.5. The lowest BCUT2D eigenvalue weighted by Gasteiger charge is -2.13. The van der Waals surface area contributed by atoms with Crippen LogP contribution in [-0.4, -0.2) is 16.5 Å². The SMILES string of the molecule is CC(C)Oc1c(C#N)cccc1-c1cnno1. The molecule has 0 unspecified atom stereocenters. The highest BCUT2D eigenvalue weighted by Gasteiger charge is 2.15. The van der Waals surface area contributed by atoms with Crippen molar-refractivity contribution in [2.75, 3.05) is 0 Å². The van der Waals surface area contributed by atoms with Crippen molar-refractivity contribution in [3.8, 4) is 23.1 Å². The van der Waals surface area contributed by atoms with Crippen molar-refractivity contribution in [3.05, 3.63) is 30.0 Å². The van der Waals surface area contributed by atoms with E-state index in [0.29, 0.717) is 22.6 Å². The van der Waals surface area contributed by atoms with Gasteiger partial charge in [-0.2, -0.15) is 5.26 Å². The van der Waals surface area contributed by atoms with Gasteiger partial charge in [0.25, 0.3) is 0 Å². The summed E-state index contributed by atoms with van der Waals surface area (Å²) in [6.07, 6.45) is 1.46. The summed E-state index contributed by atoms with van der Waals surface area (Å²) in [6, 6.07) is 7.37. The van der Waals surface area contributed by atoms with Crippen LogP contribution in [0.25, 0.3) is 11.3 Å². The molecule has 2 aromatic rings. The Labute approximate surface area is 98.6 Å². The quantitative estimate of drug-likeness (QED) is 0.808. The van der Waals surface area contributed by atoms with Crippen molar-refractivity contribution >= 4 is 0 Å². The van der Waals surface area contributed by atoms with Crippen LogP contribution in [0.1, 0.15) is 19.4 Å². The molecule has 0 saturated carbocycles. The van der Waals surface area contributed by atoms with E-state index in [1.165, 1.54) is 6.20 Å². The van der Waals surface area contributed by atoms with Crippen molar-refractivity contribution < 1.29 is 9.26 Å². The number of benzene rings is 1. The first kappa shape index (κ1) is 11.1. The van der Waals surface area contributed by atoms with E-state index in [0.717, 1.165) is 0 Å². The molecule has 0 saturated heterocycles. The van der Waals surface area contributed by atoms with Gasteiger partial charge in [-0.05, 0) is 26.0 Å². The minimum absolute atomic E-state index is 0.0286. The van der Waals surface area contributed by atoms with E-state index in [9.17, 15) is 0 Å². The fourth-order valence-electron chi connectivity index (χ4n) is 1.47. The largest absolute Gasteiger partial charge is 0.489 e. The van der Waals surface area contributed by atoms with Crippen molar-refractivity contribution in [2.45, 2.75) is 20.0 Å². The normalized spacial score (nSPS) is 10.2. The molecule has 0 aliphatic carbocycles. The van der Waals surface area contributed by atoms with Gasteiger partial charge in [0.1, 0.15) is 11.8 Å². The Bertz CT molecular complexity index is 541. The van der Waals surface area contributed by atoms with Gasteiger partial charge in [-0.15, -0.1) is 5.10 Å². The summed E-state index contributed by atoms with van der Waals surface area (Å²) in [6.45, 7) is 3.80. The molecule has 1 heterocycles. The first-order chi connectivity index (χ1) is 8.22. The van der Waals surface area contributed by atoms with Crippen LogP contribution in [0.4, 0.5) is 0 Å². The minimum atomic E-state index is -0.0286. The van der Waals surface area contributed by atoms with Crippen LogP contribution < -0.4 is 4.74 Å². The molecular weight excluding hydrogens is 218 g/mol. The fraction of sp³-hybridized carbons (Fsp3) is 0.250. The molecule has 0 N–H and O–H groups in total. The Kier molecular flexibility index (Phi) is 3.06. The number of hydrogen-bond acceptors (Lipinski definition) is 5. The van der Waals surface area contributed by atoms with E-state index in [2.05, 4.69) is 16.4 Å². The van der Waals surface area contributed by atoms with Gasteiger partial charge in [-0.25, -0.2) is 0 Å². The molecule has 2 rings (SSSR count). The lowest BCUT2D eigenvalue weighted by atomic mass is 10.1. The smallest absolute Gasteiger partial charge is 0.191 e. The van der Waals surface area contributed by atoms with Gasteiger partial charge in [0.2, 0.25) is 0 Å². The average Bonchev–Trinajstić information content (AvgIpc) is 2.82. The average molecular weight is 229 g/mol. The summed E-state index contributed by atoms with van der Waals surface area (Å²) in [5, 5.41) is 16.1. The second kappa shape index (κ2) is 4.66. The van der Waals surface area contributed by atoms with Crippen molar-refractivity contribution in [2.24, 2.45) is 0 Å². The summed E-state index contributed by atoms with van der Waals surface area (Å²) in [5.41, 5.74) is 1.15. The van der Waals surface area contributed by atoms with Gasteiger partial charge in [0.15, 0.2) is 5.76 Å². The lowest BCUT2D eigenvalue weighted by molar-refractivity contribution is 0.242. The zero-order valence-electron chi connectivity index (χ0n) is 9.54. The summed E-state index contributed by atoms with van der Waals surface area (Å²) in [7, 11) is 0. The number of para-hydroxylation sites is 1. The molecule has 0 atom stereocenters. The topological polar surface area (TPSA) is 71.9 Å². The predicted octanol–water partition coefficient (Wildman–Crippen LogP) is 2.40. The second-order valence-electron chi connectivity index (χ2n) is 3.74. The highest BCUT2D eigenvalue weighted by molar-refractivity contribution is 5.69. The molecule has 0 amide bonds. The van der Waals surface area contributed by atoms with Crippen LogP contribution in [0, 0.1) is 11.3 Å². The highest BCUT2D eigenvalue weighted by Crippen LogP contribution is 2.33. The third-order valence-corrected chi connectivity index (χ3v) is 2.12. The molecule has 0 aliphatic rings. The second-order valence-corrected chi connectivity index (χ2v) is 3.74. The standard InChI is InChI=1S/C12H11N3O2/c1-8(2)16-12-9(6-13)4-3-5-10(12)11-7-14-15-17-11/h3-5,7-8H,1-2H3. The van der Waals surface area contributed by atoms with Gasteiger partial charge in [-0.1, -0.05) is 6.07 Å². The zero-order chi connectivity index (χ0) is 12.3. The molecule has 5 nitrogen and oxygen atoms in total. The molecule has 1 aromatic heterocycles. The number of nitriles is 1. The maximum atomic E-state index is 9.06. The Morgan fingerprint density at radius 2 is 2.24 bits per heavy atom. The van der Waals surface area contributed by atoms with Crippen LogP contribution in [0.5, 0.6) is 5.75 Å². The fourth-order valence-corrected chi connectivity index (χ4v) is 1.47. The monoisotopic (exact) mass is 229 g/mol. The minimum Gasteiger partial charge on any atom is -0.489 e. The van der Waals surface area contributed by atoms with Gasteiger partial charge in [0.05, 0.1) is 23.4 Å². The van der Waals surface area contributed by atoms with Crippen molar-refractivity contribution in [3.63, 3.8) is 0 Å². The van der Waals surface area contributed by atoms with Crippen molar-refractivity contribution in [1.82, 2.24) is 10.4 Å². The Balaban J connectivity index is 2.55. The van der Waals surface area contributed by atoms with E-state index < -0.39 is 0 Å². The van der Waals surface area contributed by atoms with Gasteiger partial charge >= 0.3 is 0 Å². The lowest BCUT2D eigenvalue weighted by Crippen LogP contribution is -2.07. The molecule has 1 aromatic carbocycles. The number of ether oxygens (including phenoxy) is 1. The molecule has 5 heteroatoms. The van der Waals surface area contributed by atoms with Crippen LogP contribution in [0.15, 0.2) is 28.9 Å². The predicted molar refractivity (Wildman–Crippen MR) is 60.2 cm³/mol. The number of hydrogen-bond donors (Lipinski definition) is 0. The van der Waals surface area contributed by atoms with Crippen LogP contribution in [-0.2, 0) is 0 Å². The van der Waals surface area contributed by atoms with Gasteiger partial charge < -0.3 is 9.26 Å². The first-order valence-electron chi connectivity index (χ1n) is 5.20. The van der Waals surface area contributed by atoms with E-state index in [-0.39, 0.29) is 6.10 Å². The first-order valence-corrected chi connectivity index (χ1v) is 5.20. The molecule has 17 heavy (non-hydrogen) atoms. The molecule has 86 valence electrons. The maximum Gasteiger partial charge on any atom is 0.191 e. The molecule has 0 bridgehead atoms. The molecule has 0 radical (unpaired) electrons. The van der Waals surface area contributed by atoms with Crippen LogP contribution in [0.2, 0.25) is 0 Å². The third-order valence-electron chi connectivity index (χ3n) is 2.12. The van der Waals surface area contributed by atoms with E-state index in [4.69, 9.17) is 14.5 Å². The number of nitrogens with zero attached hydrogens (tertiary/aromatic N) is 3. The summed E-state index contributed by atoms with van der Waals surface area (Å²) >= 11 is 0. The number of rotatable bonds is 3. The van der Waals surface area contributed by atoms with Crippen LogP contribution in [0.3, 0.4) is 0 Å². The molecule has 0 aliphatic heterocycles. The van der Waals surface area contributed by atoms with E-state index in [1.807, 2.05) is 13.8 Å². The summed E-state index contributed by atoms with van der Waals surface area (Å²) in [5.74, 6) is 0.987. The molecule has 0 fully saturated rings.